The number of halogens is 1. The quantitative estimate of drug-likeness (QED) is 0.418. The molecule has 0 aliphatic rings. The van der Waals surface area contributed by atoms with Crippen LogP contribution in [0, 0.1) is 0 Å². The van der Waals surface area contributed by atoms with Crippen molar-refractivity contribution >= 4 is 39.9 Å². The molecule has 0 aliphatic heterocycles. The highest BCUT2D eigenvalue weighted by Gasteiger charge is 2.19. The van der Waals surface area contributed by atoms with E-state index in [1.807, 2.05) is 18.2 Å². The van der Waals surface area contributed by atoms with Crippen LogP contribution in [0.2, 0.25) is 0 Å². The summed E-state index contributed by atoms with van der Waals surface area (Å²) in [7, 11) is 0. The first-order chi connectivity index (χ1) is 14.8. The fourth-order valence-corrected chi connectivity index (χ4v) is 3.03. The van der Waals surface area contributed by atoms with E-state index in [2.05, 4.69) is 21.2 Å². The summed E-state index contributed by atoms with van der Waals surface area (Å²) in [6.07, 6.45) is 1.27. The van der Waals surface area contributed by atoms with E-state index >= 15 is 0 Å². The second kappa shape index (κ2) is 9.73. The van der Waals surface area contributed by atoms with E-state index in [9.17, 15) is 24.6 Å². The SMILES string of the molecule is O=C(O)C(=Cc1ccc(Oc2ccccc2Br)cc1)NC(=O)c1ccccc1C(=O)O. The van der Waals surface area contributed by atoms with Crippen molar-refractivity contribution in [1.29, 1.82) is 0 Å². The van der Waals surface area contributed by atoms with Crippen molar-refractivity contribution in [2.75, 3.05) is 0 Å². The van der Waals surface area contributed by atoms with E-state index in [0.717, 1.165) is 4.47 Å². The predicted octanol–water partition coefficient (Wildman–Crippen LogP) is 4.80. The lowest BCUT2D eigenvalue weighted by Crippen LogP contribution is -2.28. The third-order valence-electron chi connectivity index (χ3n) is 4.14. The second-order valence-corrected chi connectivity index (χ2v) is 7.12. The van der Waals surface area contributed by atoms with Crippen LogP contribution in [0.25, 0.3) is 6.08 Å². The standard InChI is InChI=1S/C23H16BrNO6/c24-18-7-3-4-8-20(18)31-15-11-9-14(10-12-15)13-19(23(29)30)25-21(26)16-5-1-2-6-17(16)22(27)28/h1-13H,(H,25,26)(H,27,28)(H,29,30). The van der Waals surface area contributed by atoms with Gasteiger partial charge in [-0.2, -0.15) is 0 Å². The lowest BCUT2D eigenvalue weighted by molar-refractivity contribution is -0.132. The highest BCUT2D eigenvalue weighted by atomic mass is 79.9. The Morgan fingerprint density at radius 1 is 0.839 bits per heavy atom. The molecule has 3 N–H and O–H groups in total. The van der Waals surface area contributed by atoms with Crippen LogP contribution in [0.1, 0.15) is 26.3 Å². The van der Waals surface area contributed by atoms with E-state index in [1.54, 1.807) is 30.3 Å². The van der Waals surface area contributed by atoms with E-state index in [0.29, 0.717) is 17.1 Å². The number of amides is 1. The number of carboxylic acid groups (broad SMARTS) is 2. The van der Waals surface area contributed by atoms with Gasteiger partial charge in [-0.1, -0.05) is 36.4 Å². The van der Waals surface area contributed by atoms with Crippen LogP contribution in [0.5, 0.6) is 11.5 Å². The number of aliphatic carboxylic acids is 1. The van der Waals surface area contributed by atoms with Gasteiger partial charge in [0.1, 0.15) is 17.2 Å². The van der Waals surface area contributed by atoms with Gasteiger partial charge in [-0.25, -0.2) is 9.59 Å². The van der Waals surface area contributed by atoms with Crippen molar-refractivity contribution in [3.63, 3.8) is 0 Å². The highest BCUT2D eigenvalue weighted by Crippen LogP contribution is 2.29. The van der Waals surface area contributed by atoms with Crippen LogP contribution in [-0.4, -0.2) is 28.1 Å². The molecule has 0 unspecified atom stereocenters. The fraction of sp³-hybridized carbons (Fsp3) is 0. The van der Waals surface area contributed by atoms with E-state index < -0.39 is 23.5 Å². The lowest BCUT2D eigenvalue weighted by atomic mass is 10.1. The summed E-state index contributed by atoms with van der Waals surface area (Å²) in [6.45, 7) is 0. The number of benzene rings is 3. The van der Waals surface area contributed by atoms with Gasteiger partial charge in [0.05, 0.1) is 15.6 Å². The summed E-state index contributed by atoms with van der Waals surface area (Å²) in [6, 6.07) is 19.5. The van der Waals surface area contributed by atoms with Gasteiger partial charge in [0.25, 0.3) is 5.91 Å². The minimum absolute atomic E-state index is 0.140. The molecule has 0 bridgehead atoms. The summed E-state index contributed by atoms with van der Waals surface area (Å²) in [5, 5.41) is 20.9. The zero-order chi connectivity index (χ0) is 22.4. The number of ether oxygens (including phenoxy) is 1. The largest absolute Gasteiger partial charge is 0.478 e. The molecule has 0 saturated carbocycles. The van der Waals surface area contributed by atoms with Crippen molar-refractivity contribution in [3.8, 4) is 11.5 Å². The molecule has 0 heterocycles. The number of hydrogen-bond acceptors (Lipinski definition) is 4. The maximum atomic E-state index is 12.5. The Morgan fingerprint density at radius 2 is 1.45 bits per heavy atom. The third kappa shape index (κ3) is 5.58. The van der Waals surface area contributed by atoms with Crippen molar-refractivity contribution < 1.29 is 29.3 Å². The van der Waals surface area contributed by atoms with Gasteiger partial charge in [-0.15, -0.1) is 0 Å². The van der Waals surface area contributed by atoms with Crippen LogP contribution in [-0.2, 0) is 4.79 Å². The van der Waals surface area contributed by atoms with Gasteiger partial charge in [0.2, 0.25) is 0 Å². The number of nitrogens with one attached hydrogen (secondary N) is 1. The van der Waals surface area contributed by atoms with Crippen LogP contribution < -0.4 is 10.1 Å². The van der Waals surface area contributed by atoms with Gasteiger partial charge in [-0.3, -0.25) is 4.79 Å². The molecular formula is C23H16BrNO6. The molecule has 0 radical (unpaired) electrons. The maximum Gasteiger partial charge on any atom is 0.352 e. The summed E-state index contributed by atoms with van der Waals surface area (Å²) in [5.41, 5.74) is -0.258. The summed E-state index contributed by atoms with van der Waals surface area (Å²) in [4.78, 5) is 35.4. The van der Waals surface area contributed by atoms with Crippen LogP contribution >= 0.6 is 15.9 Å². The first-order valence-corrected chi connectivity index (χ1v) is 9.75. The Morgan fingerprint density at radius 3 is 2.06 bits per heavy atom. The number of aromatic carboxylic acids is 1. The molecule has 31 heavy (non-hydrogen) atoms. The maximum absolute atomic E-state index is 12.5. The molecule has 156 valence electrons. The molecular weight excluding hydrogens is 466 g/mol. The number of carboxylic acids is 2. The number of carbonyl (C=O) groups excluding carboxylic acids is 1. The van der Waals surface area contributed by atoms with Gasteiger partial charge in [-0.05, 0) is 64.0 Å². The molecule has 3 rings (SSSR count). The Balaban J connectivity index is 1.79. The molecule has 0 fully saturated rings. The minimum atomic E-state index is -1.37. The fourth-order valence-electron chi connectivity index (χ4n) is 2.66. The number of hydrogen-bond donors (Lipinski definition) is 3. The average molecular weight is 482 g/mol. The monoisotopic (exact) mass is 481 g/mol. The van der Waals surface area contributed by atoms with E-state index in [4.69, 9.17) is 4.74 Å². The zero-order valence-corrected chi connectivity index (χ0v) is 17.5. The number of carbonyl (C=O) groups is 3. The molecule has 0 atom stereocenters. The van der Waals surface area contributed by atoms with Crippen molar-refractivity contribution in [2.45, 2.75) is 0 Å². The molecule has 0 aliphatic carbocycles. The summed E-state index contributed by atoms with van der Waals surface area (Å²) in [5.74, 6) is -2.32. The van der Waals surface area contributed by atoms with Gasteiger partial charge < -0.3 is 20.3 Å². The van der Waals surface area contributed by atoms with Gasteiger partial charge in [0, 0.05) is 0 Å². The molecule has 3 aromatic carbocycles. The van der Waals surface area contributed by atoms with Crippen molar-refractivity contribution in [2.24, 2.45) is 0 Å². The molecule has 8 heteroatoms. The third-order valence-corrected chi connectivity index (χ3v) is 4.79. The molecule has 0 aromatic heterocycles. The molecule has 7 nitrogen and oxygen atoms in total. The van der Waals surface area contributed by atoms with Crippen LogP contribution in [0.15, 0.2) is 83.0 Å². The first kappa shape index (κ1) is 21.8. The van der Waals surface area contributed by atoms with E-state index in [-0.39, 0.29) is 11.1 Å². The summed E-state index contributed by atoms with van der Waals surface area (Å²) < 4.78 is 6.55. The normalized spacial score (nSPS) is 10.9. The first-order valence-electron chi connectivity index (χ1n) is 8.96. The Labute approximate surface area is 185 Å². The minimum Gasteiger partial charge on any atom is -0.478 e. The van der Waals surface area contributed by atoms with Crippen molar-refractivity contribution in [1.82, 2.24) is 5.32 Å². The highest BCUT2D eigenvalue weighted by molar-refractivity contribution is 9.10. The second-order valence-electron chi connectivity index (χ2n) is 6.27. The number of rotatable bonds is 7. The Kier molecular flexibility index (Phi) is 6.84. The molecule has 1 amide bonds. The molecule has 0 spiro atoms. The van der Waals surface area contributed by atoms with Gasteiger partial charge >= 0.3 is 11.9 Å². The Hall–Kier alpha value is -3.91. The predicted molar refractivity (Wildman–Crippen MR) is 117 cm³/mol. The van der Waals surface area contributed by atoms with E-state index in [1.165, 1.54) is 30.3 Å². The van der Waals surface area contributed by atoms with Crippen molar-refractivity contribution in [3.05, 3.63) is 99.7 Å². The molecule has 0 saturated heterocycles. The smallest absolute Gasteiger partial charge is 0.352 e. The lowest BCUT2D eigenvalue weighted by Gasteiger charge is -2.09. The topological polar surface area (TPSA) is 113 Å². The van der Waals surface area contributed by atoms with Gasteiger partial charge in [0.15, 0.2) is 0 Å². The average Bonchev–Trinajstić information content (AvgIpc) is 2.76. The van der Waals surface area contributed by atoms with Crippen LogP contribution in [0.3, 0.4) is 0 Å². The van der Waals surface area contributed by atoms with Crippen LogP contribution in [0.4, 0.5) is 0 Å². The Bertz CT molecular complexity index is 1170. The summed E-state index contributed by atoms with van der Waals surface area (Å²) >= 11 is 3.40. The molecule has 3 aromatic rings. The number of para-hydroxylation sites is 1. The zero-order valence-electron chi connectivity index (χ0n) is 15.9.